The summed E-state index contributed by atoms with van der Waals surface area (Å²) in [5.74, 6) is 0. The molecule has 0 bridgehead atoms. The molecular formula is C9H16N2OS. The van der Waals surface area contributed by atoms with Crippen molar-refractivity contribution in [2.75, 3.05) is 20.3 Å². The third kappa shape index (κ3) is 3.06. The maximum absolute atomic E-state index is 5.14. The topological polar surface area (TPSA) is 34.1 Å². The lowest BCUT2D eigenvalue weighted by atomic mass is 10.3. The van der Waals surface area contributed by atoms with Crippen LogP contribution in [0.15, 0.2) is 6.20 Å². The van der Waals surface area contributed by atoms with Gasteiger partial charge in [0.05, 0.1) is 17.7 Å². The first-order valence-electron chi connectivity index (χ1n) is 4.42. The predicted octanol–water partition coefficient (Wildman–Crippen LogP) is 1.75. The molecule has 13 heavy (non-hydrogen) atoms. The lowest BCUT2D eigenvalue weighted by Gasteiger charge is -2.14. The van der Waals surface area contributed by atoms with Crippen LogP contribution < -0.4 is 5.32 Å². The van der Waals surface area contributed by atoms with Crippen molar-refractivity contribution < 1.29 is 4.74 Å². The number of hydrogen-bond donors (Lipinski definition) is 1. The number of likely N-dealkylation sites (N-methyl/N-ethyl adjacent to an activating group) is 1. The third-order valence-electron chi connectivity index (χ3n) is 1.77. The number of nitrogens with one attached hydrogen (secondary N) is 1. The van der Waals surface area contributed by atoms with Gasteiger partial charge in [0, 0.05) is 18.2 Å². The Labute approximate surface area is 83.1 Å². The standard InChI is InChI=1S/C9H16N2OS/c1-4-10-8(6-12-3)9-5-11-7(2)13-9/h5,8,10H,4,6H2,1-3H3. The number of ether oxygens (including phenoxy) is 1. The van der Waals surface area contributed by atoms with Gasteiger partial charge in [0.1, 0.15) is 0 Å². The van der Waals surface area contributed by atoms with Crippen molar-refractivity contribution in [3.63, 3.8) is 0 Å². The molecule has 1 aromatic heterocycles. The first-order valence-corrected chi connectivity index (χ1v) is 5.24. The maximum Gasteiger partial charge on any atom is 0.0897 e. The molecule has 1 heterocycles. The Bertz CT molecular complexity index is 244. The molecule has 0 saturated carbocycles. The largest absolute Gasteiger partial charge is 0.383 e. The minimum absolute atomic E-state index is 0.293. The molecule has 1 atom stereocenters. The Balaban J connectivity index is 2.63. The number of thiazole rings is 1. The molecule has 0 saturated heterocycles. The maximum atomic E-state index is 5.14. The molecule has 0 aliphatic heterocycles. The van der Waals surface area contributed by atoms with Crippen molar-refractivity contribution in [3.8, 4) is 0 Å². The number of aryl methyl sites for hydroxylation is 1. The highest BCUT2D eigenvalue weighted by Crippen LogP contribution is 2.20. The zero-order chi connectivity index (χ0) is 9.68. The Kier molecular flexibility index (Phi) is 4.35. The van der Waals surface area contributed by atoms with Crippen molar-refractivity contribution >= 4 is 11.3 Å². The van der Waals surface area contributed by atoms with Gasteiger partial charge in [0.2, 0.25) is 0 Å². The lowest BCUT2D eigenvalue weighted by Crippen LogP contribution is -2.23. The Hall–Kier alpha value is -0.450. The van der Waals surface area contributed by atoms with Gasteiger partial charge in [-0.2, -0.15) is 0 Å². The highest BCUT2D eigenvalue weighted by Gasteiger charge is 2.11. The number of hydrogen-bond acceptors (Lipinski definition) is 4. The molecule has 1 unspecified atom stereocenters. The summed E-state index contributed by atoms with van der Waals surface area (Å²) in [6.45, 7) is 5.76. The van der Waals surface area contributed by atoms with E-state index in [1.807, 2.05) is 13.1 Å². The summed E-state index contributed by atoms with van der Waals surface area (Å²) in [6, 6.07) is 0.293. The highest BCUT2D eigenvalue weighted by atomic mass is 32.1. The SMILES string of the molecule is CCNC(COC)c1cnc(C)s1. The fraction of sp³-hybridized carbons (Fsp3) is 0.667. The van der Waals surface area contributed by atoms with E-state index in [0.29, 0.717) is 12.6 Å². The van der Waals surface area contributed by atoms with Crippen LogP contribution in [-0.4, -0.2) is 25.2 Å². The van der Waals surface area contributed by atoms with Crippen LogP contribution in [0.2, 0.25) is 0 Å². The molecule has 1 N–H and O–H groups in total. The van der Waals surface area contributed by atoms with Gasteiger partial charge in [-0.25, -0.2) is 4.98 Å². The Morgan fingerprint density at radius 1 is 1.69 bits per heavy atom. The molecule has 0 spiro atoms. The number of nitrogens with zero attached hydrogens (tertiary/aromatic N) is 1. The molecule has 4 heteroatoms. The van der Waals surface area contributed by atoms with Gasteiger partial charge in [-0.05, 0) is 13.5 Å². The van der Waals surface area contributed by atoms with Crippen molar-refractivity contribution in [1.82, 2.24) is 10.3 Å². The number of rotatable bonds is 5. The lowest BCUT2D eigenvalue weighted by molar-refractivity contribution is 0.169. The van der Waals surface area contributed by atoms with Gasteiger partial charge in [-0.1, -0.05) is 6.92 Å². The first kappa shape index (κ1) is 10.6. The van der Waals surface area contributed by atoms with Gasteiger partial charge in [-0.3, -0.25) is 0 Å². The van der Waals surface area contributed by atoms with E-state index in [1.54, 1.807) is 18.4 Å². The van der Waals surface area contributed by atoms with Crippen LogP contribution in [0.3, 0.4) is 0 Å². The second kappa shape index (κ2) is 5.32. The molecule has 74 valence electrons. The Morgan fingerprint density at radius 3 is 2.92 bits per heavy atom. The van der Waals surface area contributed by atoms with E-state index >= 15 is 0 Å². The second-order valence-corrected chi connectivity index (χ2v) is 4.11. The molecule has 0 radical (unpaired) electrons. The summed E-state index contributed by atoms with van der Waals surface area (Å²) < 4.78 is 5.14. The van der Waals surface area contributed by atoms with Crippen LogP contribution in [0.25, 0.3) is 0 Å². The second-order valence-electron chi connectivity index (χ2n) is 2.85. The van der Waals surface area contributed by atoms with Crippen LogP contribution in [0.5, 0.6) is 0 Å². The first-order chi connectivity index (χ1) is 6.27. The summed E-state index contributed by atoms with van der Waals surface area (Å²) >= 11 is 1.72. The van der Waals surface area contributed by atoms with Crippen LogP contribution in [0, 0.1) is 6.92 Å². The van der Waals surface area contributed by atoms with Gasteiger partial charge < -0.3 is 10.1 Å². The predicted molar refractivity (Wildman–Crippen MR) is 55.1 cm³/mol. The summed E-state index contributed by atoms with van der Waals surface area (Å²) in [5, 5.41) is 4.46. The summed E-state index contributed by atoms with van der Waals surface area (Å²) in [5.41, 5.74) is 0. The van der Waals surface area contributed by atoms with Gasteiger partial charge in [0.25, 0.3) is 0 Å². The quantitative estimate of drug-likeness (QED) is 0.786. The zero-order valence-electron chi connectivity index (χ0n) is 8.33. The normalized spacial score (nSPS) is 13.2. The van der Waals surface area contributed by atoms with E-state index in [0.717, 1.165) is 11.6 Å². The average molecular weight is 200 g/mol. The number of aromatic nitrogens is 1. The molecular weight excluding hydrogens is 184 g/mol. The molecule has 1 rings (SSSR count). The van der Waals surface area contributed by atoms with Crippen molar-refractivity contribution in [1.29, 1.82) is 0 Å². The summed E-state index contributed by atoms with van der Waals surface area (Å²) in [4.78, 5) is 5.48. The minimum Gasteiger partial charge on any atom is -0.383 e. The number of methoxy groups -OCH3 is 1. The molecule has 3 nitrogen and oxygen atoms in total. The van der Waals surface area contributed by atoms with E-state index in [9.17, 15) is 0 Å². The molecule has 0 aliphatic carbocycles. The molecule has 0 aromatic carbocycles. The molecule has 0 aliphatic rings. The third-order valence-corrected chi connectivity index (χ3v) is 2.79. The fourth-order valence-corrected chi connectivity index (χ4v) is 2.04. The fourth-order valence-electron chi connectivity index (χ4n) is 1.19. The van der Waals surface area contributed by atoms with Crippen LogP contribution in [-0.2, 0) is 4.74 Å². The van der Waals surface area contributed by atoms with Crippen LogP contribution in [0.1, 0.15) is 22.9 Å². The Morgan fingerprint density at radius 2 is 2.46 bits per heavy atom. The van der Waals surface area contributed by atoms with Crippen molar-refractivity contribution in [2.45, 2.75) is 19.9 Å². The minimum atomic E-state index is 0.293. The molecule has 1 aromatic rings. The van der Waals surface area contributed by atoms with Crippen molar-refractivity contribution in [3.05, 3.63) is 16.1 Å². The van der Waals surface area contributed by atoms with E-state index in [-0.39, 0.29) is 0 Å². The monoisotopic (exact) mass is 200 g/mol. The van der Waals surface area contributed by atoms with Crippen LogP contribution >= 0.6 is 11.3 Å². The van der Waals surface area contributed by atoms with E-state index in [4.69, 9.17) is 4.74 Å². The zero-order valence-corrected chi connectivity index (χ0v) is 9.15. The smallest absolute Gasteiger partial charge is 0.0897 e. The van der Waals surface area contributed by atoms with E-state index in [2.05, 4.69) is 17.2 Å². The average Bonchev–Trinajstić information content (AvgIpc) is 2.51. The van der Waals surface area contributed by atoms with Crippen LogP contribution in [0.4, 0.5) is 0 Å². The van der Waals surface area contributed by atoms with Gasteiger partial charge in [0.15, 0.2) is 0 Å². The summed E-state index contributed by atoms with van der Waals surface area (Å²) in [6.07, 6.45) is 1.92. The van der Waals surface area contributed by atoms with Crippen molar-refractivity contribution in [2.24, 2.45) is 0 Å². The summed E-state index contributed by atoms with van der Waals surface area (Å²) in [7, 11) is 1.72. The van der Waals surface area contributed by atoms with Gasteiger partial charge >= 0.3 is 0 Å². The molecule has 0 fully saturated rings. The molecule has 0 amide bonds. The highest BCUT2D eigenvalue weighted by molar-refractivity contribution is 7.11. The van der Waals surface area contributed by atoms with E-state index in [1.165, 1.54) is 4.88 Å². The van der Waals surface area contributed by atoms with Gasteiger partial charge in [-0.15, -0.1) is 11.3 Å². The van der Waals surface area contributed by atoms with E-state index < -0.39 is 0 Å².